The number of fused-ring (bicyclic) bond motifs is 2. The van der Waals surface area contributed by atoms with Crippen LogP contribution in [0.4, 0.5) is 11.8 Å². The molecular weight excluding hydrogens is 533 g/mol. The van der Waals surface area contributed by atoms with Gasteiger partial charge in [-0.2, -0.15) is 15.1 Å². The van der Waals surface area contributed by atoms with Gasteiger partial charge in [0.15, 0.2) is 17.0 Å². The van der Waals surface area contributed by atoms with E-state index in [1.54, 1.807) is 18.5 Å². The number of nitrogens with two attached hydrogens (primary N) is 1. The van der Waals surface area contributed by atoms with Crippen molar-refractivity contribution in [1.29, 1.82) is 0 Å². The Morgan fingerprint density at radius 2 is 2.00 bits per heavy atom. The van der Waals surface area contributed by atoms with Crippen molar-refractivity contribution >= 4 is 47.4 Å². The zero-order chi connectivity index (χ0) is 27.9. The Balaban J connectivity index is 1.18. The second kappa shape index (κ2) is 10.5. The van der Waals surface area contributed by atoms with Crippen LogP contribution in [0.15, 0.2) is 60.9 Å². The van der Waals surface area contributed by atoms with Crippen LogP contribution in [0, 0.1) is 5.92 Å². The summed E-state index contributed by atoms with van der Waals surface area (Å²) in [5.41, 5.74) is 7.29. The Labute approximate surface area is 230 Å². The molecule has 4 atom stereocenters. The van der Waals surface area contributed by atoms with Crippen molar-refractivity contribution in [2.45, 2.75) is 44.3 Å². The van der Waals surface area contributed by atoms with Crippen LogP contribution in [0.5, 0.6) is 5.75 Å². The van der Waals surface area contributed by atoms with Crippen molar-refractivity contribution in [3.8, 4) is 5.75 Å². The molecule has 1 fully saturated rings. The van der Waals surface area contributed by atoms with Gasteiger partial charge in [0.25, 0.3) is 0 Å². The fourth-order valence-corrected chi connectivity index (χ4v) is 6.33. The molecule has 0 aliphatic heterocycles. The molecule has 6 rings (SSSR count). The number of benzene rings is 2. The number of carbonyl (C=O) groups is 1. The van der Waals surface area contributed by atoms with E-state index in [2.05, 4.69) is 25.4 Å². The first kappa shape index (κ1) is 26.2. The molecule has 2 aromatic heterocycles. The number of aromatic nitrogens is 4. The predicted octanol–water partition coefficient (Wildman–Crippen LogP) is 4.52. The number of anilines is 2. The molecular formula is C27H30N7O5P. The molecule has 12 nitrogen and oxygen atoms in total. The topological polar surface area (TPSA) is 167 Å². The van der Waals surface area contributed by atoms with Crippen molar-refractivity contribution in [1.82, 2.24) is 24.6 Å². The van der Waals surface area contributed by atoms with E-state index >= 15 is 0 Å². The SMILES string of the molecule is C[C@H](NP(=O)(OC[C@@H]1C=C[C@H](n2cnc3c(NC4CC4)nc(N)nc32)C1)Oc1cccc2ccccc12)C(=O)O. The number of hydrogen-bond donors (Lipinski definition) is 4. The molecule has 0 amide bonds. The van der Waals surface area contributed by atoms with Gasteiger partial charge in [-0.1, -0.05) is 48.6 Å². The van der Waals surface area contributed by atoms with E-state index < -0.39 is 19.8 Å². The van der Waals surface area contributed by atoms with E-state index in [4.69, 9.17) is 14.8 Å². The van der Waals surface area contributed by atoms with Crippen LogP contribution >= 0.6 is 7.75 Å². The Kier molecular flexibility index (Phi) is 6.91. The minimum Gasteiger partial charge on any atom is -0.480 e. The standard InChI is InChI=1S/C27H30N7O5P/c1-16(26(35)36)33-40(37,39-22-8-4-6-18-5-2-3-7-21(18)22)38-14-17-9-12-20(13-17)34-15-29-23-24(30-19-10-11-19)31-27(28)32-25(23)34/h2-9,12,15-17,19-20H,10-11,13-14H2,1H3,(H,33,37)(H,35,36)(H3,28,30,31,32)/t16-,17+,20-,40?/m0/s1. The van der Waals surface area contributed by atoms with Crippen molar-refractivity contribution in [2.24, 2.45) is 5.92 Å². The van der Waals surface area contributed by atoms with Gasteiger partial charge in [-0.05, 0) is 37.6 Å². The number of rotatable bonds is 11. The summed E-state index contributed by atoms with van der Waals surface area (Å²) in [6.45, 7) is 1.44. The molecule has 0 bridgehead atoms. The molecule has 2 heterocycles. The summed E-state index contributed by atoms with van der Waals surface area (Å²) >= 11 is 0. The first-order chi connectivity index (χ1) is 19.3. The number of allylic oxidation sites excluding steroid dienone is 1. The first-order valence-corrected chi connectivity index (χ1v) is 14.7. The van der Waals surface area contributed by atoms with Gasteiger partial charge in [-0.15, -0.1) is 0 Å². The van der Waals surface area contributed by atoms with E-state index in [1.807, 2.05) is 47.1 Å². The van der Waals surface area contributed by atoms with E-state index in [9.17, 15) is 14.5 Å². The average molecular weight is 564 g/mol. The van der Waals surface area contributed by atoms with Gasteiger partial charge in [0.1, 0.15) is 11.8 Å². The third-order valence-corrected chi connectivity index (χ3v) is 8.64. The van der Waals surface area contributed by atoms with E-state index in [0.717, 1.165) is 23.6 Å². The van der Waals surface area contributed by atoms with Gasteiger partial charge in [-0.3, -0.25) is 9.32 Å². The van der Waals surface area contributed by atoms with Gasteiger partial charge >= 0.3 is 13.7 Å². The number of nitrogens with one attached hydrogen (secondary N) is 2. The van der Waals surface area contributed by atoms with Crippen molar-refractivity contribution in [2.75, 3.05) is 17.7 Å². The van der Waals surface area contributed by atoms with Crippen molar-refractivity contribution < 1.29 is 23.5 Å². The maximum Gasteiger partial charge on any atom is 0.459 e. The molecule has 40 heavy (non-hydrogen) atoms. The minimum absolute atomic E-state index is 0.0482. The maximum absolute atomic E-state index is 13.9. The lowest BCUT2D eigenvalue weighted by Gasteiger charge is -2.24. The Hall–Kier alpha value is -3.99. The van der Waals surface area contributed by atoms with Gasteiger partial charge in [0, 0.05) is 17.3 Å². The molecule has 2 aliphatic rings. The second-order valence-electron chi connectivity index (χ2n) is 10.2. The van der Waals surface area contributed by atoms with Crippen molar-refractivity contribution in [3.05, 3.63) is 60.9 Å². The van der Waals surface area contributed by atoms with Gasteiger partial charge in [-0.25, -0.2) is 9.55 Å². The van der Waals surface area contributed by atoms with Crippen LogP contribution in [-0.2, 0) is 13.9 Å². The number of carboxylic acids is 1. The summed E-state index contributed by atoms with van der Waals surface area (Å²) in [5.74, 6) is -0.142. The molecule has 1 saturated carbocycles. The summed E-state index contributed by atoms with van der Waals surface area (Å²) in [5, 5.41) is 17.0. The van der Waals surface area contributed by atoms with Crippen LogP contribution in [0.1, 0.15) is 32.2 Å². The third-order valence-electron chi connectivity index (χ3n) is 7.01. The molecule has 208 valence electrons. The van der Waals surface area contributed by atoms with Crippen LogP contribution in [0.2, 0.25) is 0 Å². The largest absolute Gasteiger partial charge is 0.480 e. The molecule has 4 aromatic rings. The van der Waals surface area contributed by atoms with Gasteiger partial charge < -0.3 is 25.2 Å². The Bertz CT molecular complexity index is 1650. The molecule has 2 aliphatic carbocycles. The Morgan fingerprint density at radius 1 is 1.20 bits per heavy atom. The summed E-state index contributed by atoms with van der Waals surface area (Å²) in [4.78, 5) is 24.9. The lowest BCUT2D eigenvalue weighted by Crippen LogP contribution is -2.33. The summed E-state index contributed by atoms with van der Waals surface area (Å²) < 4.78 is 27.6. The molecule has 13 heteroatoms. The highest BCUT2D eigenvalue weighted by Gasteiger charge is 2.34. The van der Waals surface area contributed by atoms with E-state index in [0.29, 0.717) is 35.2 Å². The highest BCUT2D eigenvalue weighted by atomic mass is 31.2. The normalized spacial score (nSPS) is 20.9. The number of aliphatic carboxylic acids is 1. The number of nitrogen functional groups attached to an aromatic ring is 1. The predicted molar refractivity (Wildman–Crippen MR) is 151 cm³/mol. The highest BCUT2D eigenvalue weighted by molar-refractivity contribution is 7.52. The van der Waals surface area contributed by atoms with Gasteiger partial charge in [0.2, 0.25) is 5.95 Å². The highest BCUT2D eigenvalue weighted by Crippen LogP contribution is 2.48. The van der Waals surface area contributed by atoms with Crippen LogP contribution in [0.25, 0.3) is 21.9 Å². The smallest absolute Gasteiger partial charge is 0.459 e. The monoisotopic (exact) mass is 563 g/mol. The zero-order valence-corrected chi connectivity index (χ0v) is 22.7. The van der Waals surface area contributed by atoms with Gasteiger partial charge in [0.05, 0.1) is 19.0 Å². The van der Waals surface area contributed by atoms with Crippen LogP contribution < -0.4 is 20.7 Å². The van der Waals surface area contributed by atoms with E-state index in [-0.39, 0.29) is 24.5 Å². The van der Waals surface area contributed by atoms with Crippen LogP contribution in [0.3, 0.4) is 0 Å². The quantitative estimate of drug-likeness (QED) is 0.150. The molecule has 0 spiro atoms. The molecule has 2 aromatic carbocycles. The van der Waals surface area contributed by atoms with Crippen LogP contribution in [-0.4, -0.2) is 49.3 Å². The fourth-order valence-electron chi connectivity index (χ4n) is 4.76. The third kappa shape index (κ3) is 5.51. The second-order valence-corrected chi connectivity index (χ2v) is 11.9. The molecule has 1 unspecified atom stereocenters. The maximum atomic E-state index is 13.9. The Morgan fingerprint density at radius 3 is 2.80 bits per heavy atom. The minimum atomic E-state index is -4.08. The molecule has 0 radical (unpaired) electrons. The summed E-state index contributed by atoms with van der Waals surface area (Å²) in [6.07, 6.45) is 8.53. The zero-order valence-electron chi connectivity index (χ0n) is 21.8. The average Bonchev–Trinajstić information content (AvgIpc) is 3.44. The number of carboxylic acid groups (broad SMARTS) is 1. The fraction of sp³-hybridized carbons (Fsp3) is 0.333. The molecule has 5 N–H and O–H groups in total. The van der Waals surface area contributed by atoms with E-state index in [1.165, 1.54) is 6.92 Å². The summed E-state index contributed by atoms with van der Waals surface area (Å²) in [6, 6.07) is 12.0. The molecule has 0 saturated heterocycles. The lowest BCUT2D eigenvalue weighted by atomic mass is 10.1. The van der Waals surface area contributed by atoms with Crippen molar-refractivity contribution in [3.63, 3.8) is 0 Å². The summed E-state index contributed by atoms with van der Waals surface area (Å²) in [7, 11) is -4.08. The number of nitrogens with zero attached hydrogens (tertiary/aromatic N) is 4. The lowest BCUT2D eigenvalue weighted by molar-refractivity contribution is -0.138. The number of imidazole rings is 1. The number of hydrogen-bond acceptors (Lipinski definition) is 9. The first-order valence-electron chi connectivity index (χ1n) is 13.2.